The van der Waals surface area contributed by atoms with E-state index in [1.54, 1.807) is 0 Å². The van der Waals surface area contributed by atoms with E-state index in [4.69, 9.17) is 10.5 Å². The van der Waals surface area contributed by atoms with Crippen LogP contribution in [0.5, 0.6) is 0 Å². The predicted molar refractivity (Wildman–Crippen MR) is 60.1 cm³/mol. The van der Waals surface area contributed by atoms with Gasteiger partial charge in [0.15, 0.2) is 0 Å². The molecule has 0 radical (unpaired) electrons. The van der Waals surface area contributed by atoms with Gasteiger partial charge >= 0.3 is 5.97 Å². The molecule has 1 aromatic rings. The summed E-state index contributed by atoms with van der Waals surface area (Å²) in [7, 11) is 0. The lowest BCUT2D eigenvalue weighted by Crippen LogP contribution is -2.16. The topological polar surface area (TPSA) is 52.3 Å². The van der Waals surface area contributed by atoms with Crippen LogP contribution in [-0.2, 0) is 9.53 Å². The molecule has 0 saturated carbocycles. The van der Waals surface area contributed by atoms with Crippen molar-refractivity contribution in [3.8, 4) is 0 Å². The quantitative estimate of drug-likeness (QED) is 0.586. The number of rotatable bonds is 5. The zero-order valence-electron chi connectivity index (χ0n) is 8.56. The molecule has 0 saturated heterocycles. The van der Waals surface area contributed by atoms with Crippen LogP contribution in [0.2, 0.25) is 0 Å². The van der Waals surface area contributed by atoms with Crippen molar-refractivity contribution in [2.75, 3.05) is 13.2 Å². The zero-order valence-corrected chi connectivity index (χ0v) is 8.56. The second kappa shape index (κ2) is 6.79. The summed E-state index contributed by atoms with van der Waals surface area (Å²) in [5, 5.41) is 0. The fourth-order valence-corrected chi connectivity index (χ4v) is 1.08. The van der Waals surface area contributed by atoms with E-state index in [-0.39, 0.29) is 12.5 Å². The fourth-order valence-electron chi connectivity index (χ4n) is 1.08. The first-order chi connectivity index (χ1) is 7.33. The second-order valence-electron chi connectivity index (χ2n) is 3.03. The van der Waals surface area contributed by atoms with Crippen LogP contribution in [0.3, 0.4) is 0 Å². The largest absolute Gasteiger partial charge is 0.464 e. The van der Waals surface area contributed by atoms with Gasteiger partial charge in [0.2, 0.25) is 0 Å². The smallest absolute Gasteiger partial charge is 0.319 e. The van der Waals surface area contributed by atoms with Gasteiger partial charge in [-0.25, -0.2) is 0 Å². The van der Waals surface area contributed by atoms with Crippen molar-refractivity contribution in [2.45, 2.75) is 6.42 Å². The first-order valence-corrected chi connectivity index (χ1v) is 4.90. The maximum absolute atomic E-state index is 10.7. The van der Waals surface area contributed by atoms with Gasteiger partial charge in [-0.3, -0.25) is 4.79 Å². The monoisotopic (exact) mass is 205 g/mol. The van der Waals surface area contributed by atoms with E-state index >= 15 is 0 Å². The van der Waals surface area contributed by atoms with Crippen molar-refractivity contribution in [3.63, 3.8) is 0 Å². The highest BCUT2D eigenvalue weighted by Crippen LogP contribution is 2.01. The number of benzene rings is 1. The van der Waals surface area contributed by atoms with E-state index < -0.39 is 0 Å². The molecule has 0 aromatic heterocycles. The summed E-state index contributed by atoms with van der Waals surface area (Å²) in [5.74, 6) is -0.358. The van der Waals surface area contributed by atoms with Crippen molar-refractivity contribution in [1.82, 2.24) is 0 Å². The van der Waals surface area contributed by atoms with E-state index in [1.165, 1.54) is 0 Å². The third kappa shape index (κ3) is 4.98. The fraction of sp³-hybridized carbons (Fsp3) is 0.250. The van der Waals surface area contributed by atoms with E-state index in [0.717, 1.165) is 5.56 Å². The van der Waals surface area contributed by atoms with Gasteiger partial charge in [0.05, 0.1) is 13.2 Å². The highest BCUT2D eigenvalue weighted by atomic mass is 16.5. The Morgan fingerprint density at radius 3 is 2.73 bits per heavy atom. The summed E-state index contributed by atoms with van der Waals surface area (Å²) in [6.07, 6.45) is 4.68. The highest BCUT2D eigenvalue weighted by molar-refractivity contribution is 5.71. The molecule has 3 heteroatoms. The lowest BCUT2D eigenvalue weighted by molar-refractivity contribution is -0.141. The lowest BCUT2D eigenvalue weighted by Gasteiger charge is -1.99. The van der Waals surface area contributed by atoms with E-state index in [1.807, 2.05) is 42.5 Å². The molecule has 0 fully saturated rings. The number of carbonyl (C=O) groups excluding carboxylic acids is 1. The molecule has 2 N–H and O–H groups in total. The number of nitrogens with two attached hydrogens (primary N) is 1. The summed E-state index contributed by atoms with van der Waals surface area (Å²) in [4.78, 5) is 10.7. The Morgan fingerprint density at radius 1 is 1.33 bits per heavy atom. The van der Waals surface area contributed by atoms with Crippen molar-refractivity contribution in [3.05, 3.63) is 42.0 Å². The molecule has 0 aliphatic carbocycles. The minimum atomic E-state index is -0.358. The molecule has 0 aliphatic rings. The first kappa shape index (κ1) is 11.5. The Kier molecular flexibility index (Phi) is 5.19. The molecule has 0 heterocycles. The van der Waals surface area contributed by atoms with Crippen LogP contribution < -0.4 is 5.73 Å². The molecular formula is C12H15NO2. The van der Waals surface area contributed by atoms with Crippen LogP contribution in [0.4, 0.5) is 0 Å². The minimum Gasteiger partial charge on any atom is -0.464 e. The van der Waals surface area contributed by atoms with Crippen molar-refractivity contribution < 1.29 is 9.53 Å². The maximum Gasteiger partial charge on any atom is 0.319 e. The van der Waals surface area contributed by atoms with E-state index in [2.05, 4.69) is 0 Å². The molecule has 0 atom stereocenters. The van der Waals surface area contributed by atoms with Crippen LogP contribution >= 0.6 is 0 Å². The summed E-state index contributed by atoms with van der Waals surface area (Å²) < 4.78 is 4.81. The van der Waals surface area contributed by atoms with Crippen LogP contribution in [-0.4, -0.2) is 19.1 Å². The number of hydrogen-bond donors (Lipinski definition) is 1. The normalized spacial score (nSPS) is 10.5. The van der Waals surface area contributed by atoms with Gasteiger partial charge in [-0.1, -0.05) is 42.5 Å². The van der Waals surface area contributed by atoms with Gasteiger partial charge in [-0.2, -0.15) is 0 Å². The van der Waals surface area contributed by atoms with Gasteiger partial charge in [-0.05, 0) is 12.0 Å². The summed E-state index contributed by atoms with van der Waals surface area (Å²) in [5.41, 5.74) is 6.23. The molecule has 15 heavy (non-hydrogen) atoms. The maximum atomic E-state index is 10.7. The van der Waals surface area contributed by atoms with Crippen LogP contribution in [0.25, 0.3) is 6.08 Å². The van der Waals surface area contributed by atoms with Gasteiger partial charge < -0.3 is 10.5 Å². The summed E-state index contributed by atoms with van der Waals surface area (Å²) >= 11 is 0. The molecule has 0 aliphatic heterocycles. The minimum absolute atomic E-state index is 0.0532. The molecule has 0 amide bonds. The van der Waals surface area contributed by atoms with Gasteiger partial charge in [-0.15, -0.1) is 0 Å². The van der Waals surface area contributed by atoms with Crippen LogP contribution in [0.1, 0.15) is 12.0 Å². The third-order valence-electron chi connectivity index (χ3n) is 1.82. The Labute approximate surface area is 89.5 Å². The van der Waals surface area contributed by atoms with E-state index in [0.29, 0.717) is 13.0 Å². The SMILES string of the molecule is NCC(=O)OCCC=Cc1ccccc1. The van der Waals surface area contributed by atoms with Gasteiger partial charge in [0, 0.05) is 0 Å². The number of ether oxygens (including phenoxy) is 1. The number of carbonyl (C=O) groups is 1. The molecule has 1 rings (SSSR count). The average Bonchev–Trinajstić information content (AvgIpc) is 2.29. The Morgan fingerprint density at radius 2 is 2.07 bits per heavy atom. The standard InChI is InChI=1S/C12H15NO2/c13-10-12(14)15-9-5-4-8-11-6-2-1-3-7-11/h1-4,6-8H,5,9-10,13H2. The molecule has 0 spiro atoms. The molecule has 80 valence electrons. The van der Waals surface area contributed by atoms with Crippen molar-refractivity contribution in [2.24, 2.45) is 5.73 Å². The van der Waals surface area contributed by atoms with Gasteiger partial charge in [0.25, 0.3) is 0 Å². The summed E-state index contributed by atoms with van der Waals surface area (Å²) in [6.45, 7) is 0.335. The van der Waals surface area contributed by atoms with E-state index in [9.17, 15) is 4.79 Å². The Balaban J connectivity index is 2.20. The van der Waals surface area contributed by atoms with Crippen molar-refractivity contribution in [1.29, 1.82) is 0 Å². The Hall–Kier alpha value is -1.61. The number of esters is 1. The molecule has 1 aromatic carbocycles. The molecule has 3 nitrogen and oxygen atoms in total. The zero-order chi connectivity index (χ0) is 10.9. The first-order valence-electron chi connectivity index (χ1n) is 4.90. The third-order valence-corrected chi connectivity index (χ3v) is 1.82. The average molecular weight is 205 g/mol. The van der Waals surface area contributed by atoms with Crippen LogP contribution in [0.15, 0.2) is 36.4 Å². The van der Waals surface area contributed by atoms with Gasteiger partial charge in [0.1, 0.15) is 0 Å². The van der Waals surface area contributed by atoms with Crippen LogP contribution in [0, 0.1) is 0 Å². The second-order valence-corrected chi connectivity index (χ2v) is 3.03. The molecule has 0 bridgehead atoms. The number of hydrogen-bond acceptors (Lipinski definition) is 3. The Bertz CT molecular complexity index is 320. The lowest BCUT2D eigenvalue weighted by atomic mass is 10.2. The summed E-state index contributed by atoms with van der Waals surface area (Å²) in [6, 6.07) is 9.97. The molecular weight excluding hydrogens is 190 g/mol. The molecule has 0 unspecified atom stereocenters. The highest BCUT2D eigenvalue weighted by Gasteiger charge is 1.95. The van der Waals surface area contributed by atoms with Crippen molar-refractivity contribution >= 4 is 12.0 Å². The predicted octanol–water partition coefficient (Wildman–Crippen LogP) is 1.59.